The van der Waals surface area contributed by atoms with Gasteiger partial charge in [0.15, 0.2) is 0 Å². The predicted octanol–water partition coefficient (Wildman–Crippen LogP) is 3.20. The van der Waals surface area contributed by atoms with Gasteiger partial charge in [0.1, 0.15) is 11.5 Å². The van der Waals surface area contributed by atoms with Gasteiger partial charge < -0.3 is 9.80 Å². The van der Waals surface area contributed by atoms with Crippen molar-refractivity contribution in [2.75, 3.05) is 31.1 Å². The Hall–Kier alpha value is -2.14. The number of amides is 1. The molecule has 0 spiro atoms. The van der Waals surface area contributed by atoms with Crippen molar-refractivity contribution in [3.05, 3.63) is 51.6 Å². The highest BCUT2D eigenvalue weighted by Gasteiger charge is 2.28. The van der Waals surface area contributed by atoms with Gasteiger partial charge in [0.05, 0.1) is 0 Å². The van der Waals surface area contributed by atoms with E-state index in [1.165, 1.54) is 5.56 Å². The van der Waals surface area contributed by atoms with E-state index in [4.69, 9.17) is 11.6 Å². The van der Waals surface area contributed by atoms with Crippen molar-refractivity contribution in [3.63, 3.8) is 0 Å². The number of aromatic nitrogens is 2. The lowest BCUT2D eigenvalue weighted by molar-refractivity contribution is 0.0739. The highest BCUT2D eigenvalue weighted by Crippen LogP contribution is 2.27. The molecule has 0 atom stereocenters. The molecule has 1 aliphatic carbocycles. The summed E-state index contributed by atoms with van der Waals surface area (Å²) in [5.41, 5.74) is 5.11. The van der Waals surface area contributed by atoms with Gasteiger partial charge in [0.2, 0.25) is 0 Å². The molecule has 1 saturated heterocycles. The van der Waals surface area contributed by atoms with Gasteiger partial charge in [-0.05, 0) is 50.8 Å². The van der Waals surface area contributed by atoms with E-state index in [9.17, 15) is 4.79 Å². The molecule has 26 heavy (non-hydrogen) atoms. The van der Waals surface area contributed by atoms with Crippen molar-refractivity contribution < 1.29 is 4.79 Å². The monoisotopic (exact) mass is 370 g/mol. The summed E-state index contributed by atoms with van der Waals surface area (Å²) in [6.45, 7) is 6.97. The fourth-order valence-corrected chi connectivity index (χ4v) is 4.12. The molecule has 1 amide bonds. The van der Waals surface area contributed by atoms with Crippen molar-refractivity contribution in [2.45, 2.75) is 33.1 Å². The fourth-order valence-electron chi connectivity index (χ4n) is 3.96. The van der Waals surface area contributed by atoms with Crippen LogP contribution in [0.4, 0.5) is 5.69 Å². The summed E-state index contributed by atoms with van der Waals surface area (Å²) < 4.78 is 0. The van der Waals surface area contributed by atoms with Gasteiger partial charge in [-0.3, -0.25) is 4.79 Å². The van der Waals surface area contributed by atoms with E-state index in [0.717, 1.165) is 54.3 Å². The van der Waals surface area contributed by atoms with E-state index in [-0.39, 0.29) is 5.91 Å². The van der Waals surface area contributed by atoms with Crippen molar-refractivity contribution in [1.29, 1.82) is 0 Å². The SMILES string of the molecule is Cc1nc2c(c(C(=O)N3CCN(c4cc(Cl)ccc4C)CC3)n1)CCC2. The van der Waals surface area contributed by atoms with E-state index in [0.29, 0.717) is 24.6 Å². The first-order valence-electron chi connectivity index (χ1n) is 9.19. The van der Waals surface area contributed by atoms with Crippen molar-refractivity contribution in [1.82, 2.24) is 14.9 Å². The minimum Gasteiger partial charge on any atom is -0.368 e. The average molecular weight is 371 g/mol. The molecule has 0 bridgehead atoms. The number of fused-ring (bicyclic) bond motifs is 1. The molecule has 1 aliphatic heterocycles. The van der Waals surface area contributed by atoms with Crippen LogP contribution in [0.5, 0.6) is 0 Å². The van der Waals surface area contributed by atoms with E-state index in [1.54, 1.807) is 0 Å². The first-order valence-corrected chi connectivity index (χ1v) is 9.57. The molecular weight excluding hydrogens is 348 g/mol. The summed E-state index contributed by atoms with van der Waals surface area (Å²) in [5, 5.41) is 0.746. The number of carbonyl (C=O) groups excluding carboxylic acids is 1. The smallest absolute Gasteiger partial charge is 0.273 e. The molecule has 0 N–H and O–H groups in total. The second-order valence-corrected chi connectivity index (χ2v) is 7.54. The Balaban J connectivity index is 1.50. The van der Waals surface area contributed by atoms with Crippen molar-refractivity contribution in [2.24, 2.45) is 0 Å². The van der Waals surface area contributed by atoms with E-state index in [2.05, 4.69) is 21.8 Å². The maximum absolute atomic E-state index is 13.1. The Kier molecular flexibility index (Phi) is 4.57. The zero-order chi connectivity index (χ0) is 18.3. The van der Waals surface area contributed by atoms with Crippen LogP contribution in [-0.2, 0) is 12.8 Å². The van der Waals surface area contributed by atoms with Crippen LogP contribution in [0.25, 0.3) is 0 Å². The van der Waals surface area contributed by atoms with Gasteiger partial charge in [-0.25, -0.2) is 9.97 Å². The van der Waals surface area contributed by atoms with E-state index in [1.807, 2.05) is 30.0 Å². The summed E-state index contributed by atoms with van der Waals surface area (Å²) in [7, 11) is 0. The van der Waals surface area contributed by atoms with Gasteiger partial charge in [0, 0.05) is 48.1 Å². The highest BCUT2D eigenvalue weighted by molar-refractivity contribution is 6.30. The summed E-state index contributed by atoms with van der Waals surface area (Å²) in [5.74, 6) is 0.748. The summed E-state index contributed by atoms with van der Waals surface area (Å²) in [6.07, 6.45) is 2.94. The number of halogens is 1. The van der Waals surface area contributed by atoms with Gasteiger partial charge in [-0.2, -0.15) is 0 Å². The van der Waals surface area contributed by atoms with Crippen LogP contribution < -0.4 is 4.90 Å². The van der Waals surface area contributed by atoms with Crippen molar-refractivity contribution >= 4 is 23.2 Å². The molecule has 4 rings (SSSR count). The lowest BCUT2D eigenvalue weighted by atomic mass is 10.1. The molecule has 6 heteroatoms. The molecule has 0 unspecified atom stereocenters. The number of anilines is 1. The Morgan fingerprint density at radius 1 is 1.08 bits per heavy atom. The summed E-state index contributed by atoms with van der Waals surface area (Å²) in [4.78, 5) is 26.3. The molecule has 0 radical (unpaired) electrons. The zero-order valence-corrected chi connectivity index (χ0v) is 16.0. The zero-order valence-electron chi connectivity index (χ0n) is 15.3. The van der Waals surface area contributed by atoms with Crippen molar-refractivity contribution in [3.8, 4) is 0 Å². The molecule has 2 heterocycles. The third kappa shape index (κ3) is 3.16. The first-order chi connectivity index (χ1) is 12.5. The van der Waals surface area contributed by atoms with Crippen LogP contribution in [-0.4, -0.2) is 47.0 Å². The molecule has 2 aliphatic rings. The van der Waals surface area contributed by atoms with Gasteiger partial charge >= 0.3 is 0 Å². The van der Waals surface area contributed by atoms with Crippen LogP contribution in [0, 0.1) is 13.8 Å². The van der Waals surface area contributed by atoms with Crippen LogP contribution in [0.15, 0.2) is 18.2 Å². The van der Waals surface area contributed by atoms with Crippen LogP contribution in [0.2, 0.25) is 5.02 Å². The maximum atomic E-state index is 13.1. The lowest BCUT2D eigenvalue weighted by Crippen LogP contribution is -2.49. The minimum absolute atomic E-state index is 0.0520. The van der Waals surface area contributed by atoms with E-state index < -0.39 is 0 Å². The van der Waals surface area contributed by atoms with Crippen LogP contribution >= 0.6 is 11.6 Å². The number of hydrogen-bond acceptors (Lipinski definition) is 4. The third-order valence-electron chi connectivity index (χ3n) is 5.33. The number of benzene rings is 1. The Labute approximate surface area is 159 Å². The number of hydrogen-bond donors (Lipinski definition) is 0. The third-order valence-corrected chi connectivity index (χ3v) is 5.56. The topological polar surface area (TPSA) is 49.3 Å². The number of nitrogens with zero attached hydrogens (tertiary/aromatic N) is 4. The van der Waals surface area contributed by atoms with Crippen LogP contribution in [0.3, 0.4) is 0 Å². The highest BCUT2D eigenvalue weighted by atomic mass is 35.5. The van der Waals surface area contributed by atoms with Gasteiger partial charge in [-0.15, -0.1) is 0 Å². The fraction of sp³-hybridized carbons (Fsp3) is 0.450. The molecular formula is C20H23ClN4O. The van der Waals surface area contributed by atoms with Gasteiger partial charge in [0.25, 0.3) is 5.91 Å². The predicted molar refractivity (Wildman–Crippen MR) is 103 cm³/mol. The molecule has 2 aromatic rings. The maximum Gasteiger partial charge on any atom is 0.273 e. The Morgan fingerprint density at radius 2 is 1.85 bits per heavy atom. The molecule has 0 saturated carbocycles. The molecule has 5 nitrogen and oxygen atoms in total. The number of aryl methyl sites for hydroxylation is 3. The first kappa shape index (κ1) is 17.3. The summed E-state index contributed by atoms with van der Waals surface area (Å²) in [6, 6.07) is 5.97. The number of piperazine rings is 1. The number of carbonyl (C=O) groups is 1. The number of rotatable bonds is 2. The normalized spacial score (nSPS) is 16.7. The minimum atomic E-state index is 0.0520. The molecule has 136 valence electrons. The Bertz CT molecular complexity index is 859. The standard InChI is InChI=1S/C20H23ClN4O/c1-13-6-7-15(21)12-18(13)24-8-10-25(11-9-24)20(26)19-16-4-3-5-17(16)22-14(2)23-19/h6-7,12H,3-5,8-11H2,1-2H3. The largest absolute Gasteiger partial charge is 0.368 e. The second kappa shape index (κ2) is 6.88. The molecule has 1 fully saturated rings. The average Bonchev–Trinajstić information content (AvgIpc) is 3.11. The Morgan fingerprint density at radius 3 is 2.62 bits per heavy atom. The summed E-state index contributed by atoms with van der Waals surface area (Å²) >= 11 is 6.16. The second-order valence-electron chi connectivity index (χ2n) is 7.11. The van der Waals surface area contributed by atoms with E-state index >= 15 is 0 Å². The molecule has 1 aromatic carbocycles. The lowest BCUT2D eigenvalue weighted by Gasteiger charge is -2.37. The molecule has 1 aromatic heterocycles. The van der Waals surface area contributed by atoms with Crippen LogP contribution in [0.1, 0.15) is 39.6 Å². The van der Waals surface area contributed by atoms with Gasteiger partial charge in [-0.1, -0.05) is 17.7 Å². The quantitative estimate of drug-likeness (QED) is 0.814.